The molecule has 0 radical (unpaired) electrons. The molecule has 0 aromatic heterocycles. The van der Waals surface area contributed by atoms with Crippen molar-refractivity contribution in [3.63, 3.8) is 0 Å². The van der Waals surface area contributed by atoms with Crippen LogP contribution in [0.2, 0.25) is 0 Å². The zero-order valence-corrected chi connectivity index (χ0v) is 40.9. The number of aliphatic hydroxyl groups excluding tert-OH is 5. The van der Waals surface area contributed by atoms with E-state index in [2.05, 4.69) is 19.2 Å². The monoisotopic (exact) mass is 997 g/mol. The second kappa shape index (κ2) is 31.7. The number of benzene rings is 1. The maximum Gasteiger partial charge on any atom is 1.00 e. The summed E-state index contributed by atoms with van der Waals surface area (Å²) in [6.45, 7) is 3.36. The molecule has 26 heteroatoms. The predicted molar refractivity (Wildman–Crippen MR) is 232 cm³/mol. The number of allylic oxidation sites excluding steroid dienone is 2. The van der Waals surface area contributed by atoms with Gasteiger partial charge in [-0.15, -0.1) is 0 Å². The molecule has 0 amide bonds. The zero-order chi connectivity index (χ0) is 49.5. The summed E-state index contributed by atoms with van der Waals surface area (Å²) in [6, 6.07) is 0.177. The molecule has 4 rings (SSSR count). The maximum atomic E-state index is 12.0. The van der Waals surface area contributed by atoms with E-state index >= 15 is 0 Å². The molecule has 0 bridgehead atoms. The minimum absolute atomic E-state index is 0. The molecule has 23 nitrogen and oxygen atoms in total. The van der Waals surface area contributed by atoms with Crippen molar-refractivity contribution in [3.05, 3.63) is 41.1 Å². The summed E-state index contributed by atoms with van der Waals surface area (Å²) in [7, 11) is -8.59. The number of rotatable bonds is 20. The van der Waals surface area contributed by atoms with Crippen LogP contribution in [-0.4, -0.2) is 167 Å². The molecule has 7 atom stereocenters. The Morgan fingerprint density at radius 1 is 0.818 bits per heavy atom. The van der Waals surface area contributed by atoms with Crippen LogP contribution in [-0.2, 0) is 46.1 Å². The van der Waals surface area contributed by atoms with Gasteiger partial charge in [-0.3, -0.25) is 13.7 Å². The molecular weight excluding hydrogens is 932 g/mol. The number of unbranched alkanes of at least 4 members (excludes halogenated alkanes) is 11. The average molecular weight is 998 g/mol. The van der Waals surface area contributed by atoms with Crippen LogP contribution in [0.4, 0.5) is 5.69 Å². The van der Waals surface area contributed by atoms with Gasteiger partial charge in [0.25, 0.3) is 16.2 Å². The summed E-state index contributed by atoms with van der Waals surface area (Å²) in [5, 5.41) is 88.7. The fourth-order valence-corrected chi connectivity index (χ4v) is 6.84. The molecule has 3 aliphatic heterocycles. The van der Waals surface area contributed by atoms with E-state index in [1.807, 2.05) is 0 Å². The molecule has 0 spiro atoms. The van der Waals surface area contributed by atoms with Crippen LogP contribution in [0.5, 0.6) is 11.5 Å². The molecular formula is C40H66N2NaO21S2+. The smallest absolute Gasteiger partial charge is 1.00 e. The van der Waals surface area contributed by atoms with E-state index in [-0.39, 0.29) is 61.0 Å². The van der Waals surface area contributed by atoms with E-state index in [1.54, 1.807) is 0 Å². The van der Waals surface area contributed by atoms with Gasteiger partial charge in [0.2, 0.25) is 12.0 Å². The van der Waals surface area contributed by atoms with E-state index in [0.29, 0.717) is 11.1 Å². The number of ether oxygens (including phenoxy) is 2. The van der Waals surface area contributed by atoms with Crippen LogP contribution in [0.1, 0.15) is 104 Å². The number of carbonyl (C=O) groups is 3. The first kappa shape index (κ1) is 62.7. The first-order valence-corrected chi connectivity index (χ1v) is 24.0. The van der Waals surface area contributed by atoms with E-state index in [9.17, 15) is 63.7 Å². The van der Waals surface area contributed by atoms with Crippen molar-refractivity contribution in [1.29, 1.82) is 0 Å². The number of nitrogens with zero attached hydrogens (tertiary/aromatic N) is 1. The Labute approximate surface area is 407 Å². The van der Waals surface area contributed by atoms with Crippen molar-refractivity contribution >= 4 is 50.3 Å². The van der Waals surface area contributed by atoms with Crippen molar-refractivity contribution in [3.8, 4) is 11.5 Å². The Hall–Kier alpha value is -3.28. The van der Waals surface area contributed by atoms with Gasteiger partial charge < -0.3 is 62.2 Å². The number of aromatic hydroxyl groups is 1. The number of nitrogens with one attached hydrogen (secondary N) is 1. The molecule has 0 saturated carbocycles. The van der Waals surface area contributed by atoms with Crippen LogP contribution in [0.25, 0.3) is 0 Å². The summed E-state index contributed by atoms with van der Waals surface area (Å²) < 4.78 is 70.8. The first-order valence-electron chi connectivity index (χ1n) is 21.0. The number of hydrogen-bond acceptors (Lipinski definition) is 16. The quantitative estimate of drug-likeness (QED) is 0.0312. The first-order chi connectivity index (χ1) is 30.4. The fourth-order valence-electron chi connectivity index (χ4n) is 6.61. The third-order valence-corrected chi connectivity index (χ3v) is 10.6. The van der Waals surface area contributed by atoms with Crippen LogP contribution in [0.3, 0.4) is 0 Å². The van der Waals surface area contributed by atoms with E-state index < -0.39 is 106 Å². The average Bonchev–Trinajstić information content (AvgIpc) is 3.57. The van der Waals surface area contributed by atoms with Crippen molar-refractivity contribution in [2.75, 3.05) is 19.0 Å². The summed E-state index contributed by atoms with van der Waals surface area (Å²) in [5.41, 5.74) is 0.648. The normalized spacial score (nSPS) is 23.5. The van der Waals surface area contributed by atoms with E-state index in [1.165, 1.54) is 112 Å². The molecule has 1 aromatic rings. The van der Waals surface area contributed by atoms with Gasteiger partial charge in [0.1, 0.15) is 36.2 Å². The number of aliphatic carboxylic acids is 3. The molecule has 0 unspecified atom stereocenters. The van der Waals surface area contributed by atoms with Crippen molar-refractivity contribution in [2.24, 2.45) is 0 Å². The number of aliphatic hydroxyl groups is 5. The third-order valence-electron chi connectivity index (χ3n) is 9.95. The maximum absolute atomic E-state index is 12.0. The summed E-state index contributed by atoms with van der Waals surface area (Å²) >= 11 is 0. The number of phenolic OH excluding ortho intramolecular Hbond substituents is 1. The Morgan fingerprint density at radius 2 is 1.33 bits per heavy atom. The van der Waals surface area contributed by atoms with E-state index in [0.717, 1.165) is 0 Å². The molecule has 1 fully saturated rings. The van der Waals surface area contributed by atoms with Gasteiger partial charge in [0, 0.05) is 18.1 Å². The Bertz CT molecular complexity index is 1980. The van der Waals surface area contributed by atoms with Crippen LogP contribution in [0.15, 0.2) is 35.6 Å². The van der Waals surface area contributed by atoms with Gasteiger partial charge in [0.05, 0.1) is 31.5 Å². The molecule has 1 saturated heterocycles. The molecule has 1 aromatic carbocycles. The van der Waals surface area contributed by atoms with Crippen LogP contribution >= 0.6 is 0 Å². The second-order valence-corrected chi connectivity index (χ2v) is 17.7. The van der Waals surface area contributed by atoms with Gasteiger partial charge in [-0.05, 0) is 17.7 Å². The minimum atomic E-state index is -4.67. The number of hydrogen-bond donors (Lipinski definition) is 13. The molecule has 66 heavy (non-hydrogen) atoms. The fraction of sp³-hybridized carbons (Fsp3) is 0.650. The molecule has 374 valence electrons. The summed E-state index contributed by atoms with van der Waals surface area (Å²) in [5.74, 6) is -5.12. The number of carboxylic acid groups (broad SMARTS) is 3. The van der Waals surface area contributed by atoms with E-state index in [4.69, 9.17) is 36.7 Å². The van der Waals surface area contributed by atoms with Gasteiger partial charge in [-0.2, -0.15) is 21.4 Å². The third kappa shape index (κ3) is 24.1. The van der Waals surface area contributed by atoms with Crippen LogP contribution < -0.4 is 39.6 Å². The molecule has 0 aliphatic carbocycles. The standard InChI is InChI=1S/C24H26N2O13.C14H30.C2H6O4S.Na.H2O4S.H/c27-8-17-18(29)19(30)20(31)24(39-17)38-16-6-10-5-14(23(36)37)26(13(10)7-15(16)28)2-1-9-3-11(21(32)33)25-12(4-9)22(34)35;1-3-5-7-9-11-13-14-12-10-8-6-4-2;3-1-2-7(4,5)6;;1-5(2,3)4;/h1-3,6-7,12,14,17-20,24,27,29-31H,4-5,8H2,(H4,28,32,33,34,35,36,37);3-14H2,1-2H3;3H,1-2H2,(H,4,5,6);;(H2,1,2,3,4);/q;;;+1;;-1/p+1/t12-,14-,17+,18+,19-,20+,24+;;;;;/m0...../s1. The topological polar surface area (TPSA) is 396 Å². The zero-order valence-electron chi connectivity index (χ0n) is 38.3. The Morgan fingerprint density at radius 3 is 1.74 bits per heavy atom. The number of phenols is 1. The van der Waals surface area contributed by atoms with Crippen LogP contribution in [0, 0.1) is 0 Å². The second-order valence-electron chi connectivity index (χ2n) is 15.2. The number of fused-ring (bicyclic) bond motifs is 1. The largest absolute Gasteiger partial charge is 1.00 e. The Balaban J connectivity index is 0. The van der Waals surface area contributed by atoms with Gasteiger partial charge in [0.15, 0.2) is 17.7 Å². The van der Waals surface area contributed by atoms with Gasteiger partial charge in [-0.25, -0.2) is 14.4 Å². The van der Waals surface area contributed by atoms with Crippen molar-refractivity contribution in [1.82, 2.24) is 5.32 Å². The summed E-state index contributed by atoms with van der Waals surface area (Å²) in [4.78, 5) is 34.8. The van der Waals surface area contributed by atoms with Gasteiger partial charge >= 0.3 is 57.9 Å². The SMILES string of the molecule is CCCCCCCCCCCCCC.O=C(O)C1=CC(=CC=[N+]2c3cc(O)c(O[C@@H]4O[C@H](CO)[C@@H](O)[C@H](O)[C@H]4O)cc3C[C@H]2C(=O)O)C[C@@H](C(=O)O)N1.O=S(=O)(O)CCO.O=S(=O)(O)O.[H-].[Na+]. The summed E-state index contributed by atoms with van der Waals surface area (Å²) in [6.07, 6.45) is 13.4. The molecule has 13 N–H and O–H groups in total. The Kier molecular flexibility index (Phi) is 30.1. The number of carboxylic acids is 3. The van der Waals surface area contributed by atoms with Crippen molar-refractivity contribution in [2.45, 2.75) is 147 Å². The minimum Gasteiger partial charge on any atom is -1.00 e. The predicted octanol–water partition coefficient (Wildman–Crippen LogP) is -1.33. The van der Waals surface area contributed by atoms with Crippen molar-refractivity contribution < 1.29 is 136 Å². The molecule has 3 aliphatic rings. The van der Waals surface area contributed by atoms with Gasteiger partial charge in [-0.1, -0.05) is 90.9 Å². The molecule has 3 heterocycles.